The van der Waals surface area contributed by atoms with E-state index < -0.39 is 44.7 Å². The van der Waals surface area contributed by atoms with Gasteiger partial charge in [0, 0.05) is 34.8 Å². The quantitative estimate of drug-likeness (QED) is 0.606. The number of ether oxygens (including phenoxy) is 1. The molecule has 33 heavy (non-hydrogen) atoms. The van der Waals surface area contributed by atoms with E-state index in [1.165, 1.54) is 12.0 Å². The molecule has 172 valence electrons. The van der Waals surface area contributed by atoms with Gasteiger partial charge in [0.25, 0.3) is 0 Å². The van der Waals surface area contributed by atoms with Crippen LogP contribution in [0.1, 0.15) is 24.0 Å². The van der Waals surface area contributed by atoms with Gasteiger partial charge in [-0.1, -0.05) is 0 Å². The zero-order valence-electron chi connectivity index (χ0n) is 17.5. The Bertz CT molecular complexity index is 1390. The van der Waals surface area contributed by atoms with Crippen LogP contribution in [0.25, 0.3) is 11.0 Å². The van der Waals surface area contributed by atoms with Gasteiger partial charge in [-0.15, -0.1) is 0 Å². The number of methoxy groups -OCH3 is 1. The third-order valence-corrected chi connectivity index (χ3v) is 6.69. The summed E-state index contributed by atoms with van der Waals surface area (Å²) in [5.41, 5.74) is 1.02. The van der Waals surface area contributed by atoms with Crippen LogP contribution in [0.5, 0.6) is 5.88 Å². The Morgan fingerprint density at radius 1 is 1.21 bits per heavy atom. The van der Waals surface area contributed by atoms with Crippen molar-refractivity contribution < 1.29 is 26.7 Å². The van der Waals surface area contributed by atoms with Gasteiger partial charge < -0.3 is 9.64 Å². The van der Waals surface area contributed by atoms with Crippen LogP contribution < -0.4 is 14.8 Å². The molecule has 1 aromatic carbocycles. The Morgan fingerprint density at radius 3 is 2.52 bits per heavy atom. The summed E-state index contributed by atoms with van der Waals surface area (Å²) in [5, 5.41) is 5.53. The molecule has 3 heterocycles. The third-order valence-electron chi connectivity index (χ3n) is 5.79. The number of fused-ring (bicyclic) bond motifs is 3. The van der Waals surface area contributed by atoms with Crippen LogP contribution in [0.15, 0.2) is 35.4 Å². The minimum absolute atomic E-state index is 0.0530. The highest BCUT2D eigenvalue weighted by atomic mass is 32.2. The SMILES string of the molecule is COc1ccc2c3c(cnc2n1)CN(C1CC1)C(=O)N3Cc1c(F)cc(S(N)(=O)=O)cc1F. The molecule has 1 fully saturated rings. The Hall–Kier alpha value is -3.38. The van der Waals surface area contributed by atoms with Gasteiger partial charge in [0.15, 0.2) is 5.65 Å². The minimum Gasteiger partial charge on any atom is -0.481 e. The standard InChI is InChI=1S/C21H19F2N5O4S/c1-32-18-5-4-14-19-11(8-25-20(14)26-18)9-27(12-2-3-12)21(29)28(19)10-15-16(22)6-13(7-17(15)23)33(24,30)31/h4-8,12H,2-3,9-10H2,1H3,(H2,24,30,31). The van der Waals surface area contributed by atoms with Crippen molar-refractivity contribution in [2.45, 2.75) is 36.9 Å². The van der Waals surface area contributed by atoms with Crippen molar-refractivity contribution in [2.24, 2.45) is 5.14 Å². The fourth-order valence-corrected chi connectivity index (χ4v) is 4.54. The number of benzene rings is 1. The molecule has 1 aliphatic carbocycles. The summed E-state index contributed by atoms with van der Waals surface area (Å²) >= 11 is 0. The minimum atomic E-state index is -4.30. The first-order chi connectivity index (χ1) is 15.7. The topological polar surface area (TPSA) is 119 Å². The largest absolute Gasteiger partial charge is 0.481 e. The first-order valence-electron chi connectivity index (χ1n) is 10.1. The molecule has 5 rings (SSSR count). The number of anilines is 1. The highest BCUT2D eigenvalue weighted by Gasteiger charge is 2.40. The molecule has 12 heteroatoms. The number of sulfonamides is 1. The first-order valence-corrected chi connectivity index (χ1v) is 11.6. The number of carbonyl (C=O) groups is 1. The molecule has 0 radical (unpaired) electrons. The molecule has 3 aromatic rings. The van der Waals surface area contributed by atoms with Gasteiger partial charge in [-0.3, -0.25) is 4.90 Å². The summed E-state index contributed by atoms with van der Waals surface area (Å²) in [7, 11) is -2.84. The Labute approximate surface area is 187 Å². The highest BCUT2D eigenvalue weighted by molar-refractivity contribution is 7.89. The monoisotopic (exact) mass is 475 g/mol. The van der Waals surface area contributed by atoms with Crippen LogP contribution in [-0.4, -0.2) is 42.5 Å². The van der Waals surface area contributed by atoms with Crippen LogP contribution in [-0.2, 0) is 23.1 Å². The molecular weight excluding hydrogens is 456 g/mol. The van der Waals surface area contributed by atoms with Crippen molar-refractivity contribution in [3.8, 4) is 5.88 Å². The lowest BCUT2D eigenvalue weighted by Gasteiger charge is -2.38. The van der Waals surface area contributed by atoms with E-state index in [1.807, 2.05) is 0 Å². The second kappa shape index (κ2) is 7.59. The van der Waals surface area contributed by atoms with Crippen molar-refractivity contribution in [3.05, 3.63) is 53.2 Å². The number of hydrogen-bond donors (Lipinski definition) is 1. The summed E-state index contributed by atoms with van der Waals surface area (Å²) < 4.78 is 57.8. The van der Waals surface area contributed by atoms with Crippen molar-refractivity contribution in [1.82, 2.24) is 14.9 Å². The number of hydrogen-bond acceptors (Lipinski definition) is 6. The predicted octanol–water partition coefficient (Wildman–Crippen LogP) is 2.67. The van der Waals surface area contributed by atoms with Gasteiger partial charge in [-0.05, 0) is 31.0 Å². The predicted molar refractivity (Wildman–Crippen MR) is 114 cm³/mol. The molecular formula is C21H19F2N5O4S. The molecule has 0 atom stereocenters. The summed E-state index contributed by atoms with van der Waals surface area (Å²) in [4.78, 5) is 24.3. The molecule has 1 aliphatic heterocycles. The summed E-state index contributed by atoms with van der Waals surface area (Å²) in [6.07, 6.45) is 3.29. The molecule has 2 amide bonds. The van der Waals surface area contributed by atoms with Crippen LogP contribution in [0.2, 0.25) is 0 Å². The van der Waals surface area contributed by atoms with Crippen LogP contribution in [0.3, 0.4) is 0 Å². The third kappa shape index (κ3) is 3.74. The molecule has 2 aromatic heterocycles. The lowest BCUT2D eigenvalue weighted by molar-refractivity contribution is 0.194. The van der Waals surface area contributed by atoms with Crippen molar-refractivity contribution in [2.75, 3.05) is 12.0 Å². The van der Waals surface area contributed by atoms with E-state index in [-0.39, 0.29) is 6.04 Å². The Morgan fingerprint density at radius 2 is 1.91 bits per heavy atom. The first kappa shape index (κ1) is 21.5. The number of primary sulfonamides is 1. The van der Waals surface area contributed by atoms with Gasteiger partial charge in [0.1, 0.15) is 11.6 Å². The summed E-state index contributed by atoms with van der Waals surface area (Å²) in [6, 6.07) is 4.26. The number of carbonyl (C=O) groups excluding carboxylic acids is 1. The van der Waals surface area contributed by atoms with E-state index in [4.69, 9.17) is 9.88 Å². The zero-order valence-corrected chi connectivity index (χ0v) is 18.3. The number of aromatic nitrogens is 2. The molecule has 0 spiro atoms. The smallest absolute Gasteiger partial charge is 0.325 e. The Kier molecular flexibility index (Phi) is 4.94. The van der Waals surface area contributed by atoms with Crippen LogP contribution in [0.4, 0.5) is 19.3 Å². The highest BCUT2D eigenvalue weighted by Crippen LogP contribution is 2.40. The van der Waals surface area contributed by atoms with Crippen molar-refractivity contribution in [1.29, 1.82) is 0 Å². The number of nitrogens with two attached hydrogens (primary N) is 1. The number of urea groups is 1. The van der Waals surface area contributed by atoms with E-state index >= 15 is 0 Å². The number of pyridine rings is 2. The van der Waals surface area contributed by atoms with E-state index in [0.29, 0.717) is 46.8 Å². The molecule has 0 bridgehead atoms. The normalized spacial score (nSPS) is 16.3. The molecule has 0 saturated heterocycles. The molecule has 9 nitrogen and oxygen atoms in total. The van der Waals surface area contributed by atoms with E-state index in [0.717, 1.165) is 12.8 Å². The zero-order chi connectivity index (χ0) is 23.5. The average Bonchev–Trinajstić information content (AvgIpc) is 3.61. The van der Waals surface area contributed by atoms with Crippen LogP contribution >= 0.6 is 0 Å². The second-order valence-corrected chi connectivity index (χ2v) is 9.56. The van der Waals surface area contributed by atoms with E-state index in [1.54, 1.807) is 23.2 Å². The molecule has 0 unspecified atom stereocenters. The number of nitrogens with zero attached hydrogens (tertiary/aromatic N) is 4. The van der Waals surface area contributed by atoms with Gasteiger partial charge >= 0.3 is 6.03 Å². The van der Waals surface area contributed by atoms with Gasteiger partial charge in [0.2, 0.25) is 15.9 Å². The van der Waals surface area contributed by atoms with E-state index in [2.05, 4.69) is 9.97 Å². The van der Waals surface area contributed by atoms with Gasteiger partial charge in [-0.25, -0.2) is 32.1 Å². The maximum absolute atomic E-state index is 14.8. The average molecular weight is 475 g/mol. The van der Waals surface area contributed by atoms with Gasteiger partial charge in [-0.2, -0.15) is 4.98 Å². The lowest BCUT2D eigenvalue weighted by Crippen LogP contribution is -2.48. The second-order valence-electron chi connectivity index (χ2n) is 8.00. The Balaban J connectivity index is 1.65. The van der Waals surface area contributed by atoms with Crippen molar-refractivity contribution in [3.63, 3.8) is 0 Å². The molecule has 1 saturated carbocycles. The maximum atomic E-state index is 14.8. The van der Waals surface area contributed by atoms with Gasteiger partial charge in [0.05, 0.1) is 30.8 Å². The summed E-state index contributed by atoms with van der Waals surface area (Å²) in [5.74, 6) is -1.90. The number of halogens is 2. The maximum Gasteiger partial charge on any atom is 0.325 e. The van der Waals surface area contributed by atoms with Crippen LogP contribution in [0, 0.1) is 11.6 Å². The van der Waals surface area contributed by atoms with Crippen molar-refractivity contribution >= 4 is 32.8 Å². The number of amides is 2. The number of rotatable bonds is 5. The molecule has 2 aliphatic rings. The lowest BCUT2D eigenvalue weighted by atomic mass is 10.1. The fraction of sp³-hybridized carbons (Fsp3) is 0.286. The van der Waals surface area contributed by atoms with E-state index in [9.17, 15) is 22.0 Å². The molecule has 2 N–H and O–H groups in total. The fourth-order valence-electron chi connectivity index (χ4n) is 4.01. The summed E-state index contributed by atoms with van der Waals surface area (Å²) in [6.45, 7) is -0.137.